The zero-order chi connectivity index (χ0) is 15.4. The Kier molecular flexibility index (Phi) is 5.17. The van der Waals surface area contributed by atoms with Gasteiger partial charge in [0.05, 0.1) is 0 Å². The largest absolute Gasteiger partial charge is 0.370 e. The van der Waals surface area contributed by atoms with Gasteiger partial charge in [0.25, 0.3) is 0 Å². The Morgan fingerprint density at radius 1 is 1.14 bits per heavy atom. The summed E-state index contributed by atoms with van der Waals surface area (Å²) >= 11 is 3.48. The lowest BCUT2D eigenvalue weighted by Crippen LogP contribution is -2.07. The predicted octanol–water partition coefficient (Wildman–Crippen LogP) is 4.85. The zero-order valence-corrected chi connectivity index (χ0v) is 14.5. The number of aromatic nitrogens is 2. The van der Waals surface area contributed by atoms with E-state index in [9.17, 15) is 0 Å². The molecule has 112 valence electrons. The average Bonchev–Trinajstić information content (AvgIpc) is 2.42. The maximum absolute atomic E-state index is 4.60. The minimum atomic E-state index is 0.287. The maximum atomic E-state index is 4.60. The van der Waals surface area contributed by atoms with Gasteiger partial charge in [-0.3, -0.25) is 0 Å². The highest BCUT2D eigenvalue weighted by Gasteiger charge is 2.09. The fourth-order valence-electron chi connectivity index (χ4n) is 1.97. The van der Waals surface area contributed by atoms with E-state index in [4.69, 9.17) is 0 Å². The minimum Gasteiger partial charge on any atom is -0.370 e. The number of aryl methyl sites for hydroxylation is 1. The van der Waals surface area contributed by atoms with Crippen LogP contribution in [-0.2, 0) is 0 Å². The molecule has 0 radical (unpaired) electrons. The highest BCUT2D eigenvalue weighted by atomic mass is 79.9. The quantitative estimate of drug-likeness (QED) is 0.810. The maximum Gasteiger partial charge on any atom is 0.136 e. The topological polar surface area (TPSA) is 49.8 Å². The van der Waals surface area contributed by atoms with Gasteiger partial charge in [-0.2, -0.15) is 0 Å². The molecule has 1 aromatic carbocycles. The summed E-state index contributed by atoms with van der Waals surface area (Å²) in [4.78, 5) is 9.13. The van der Waals surface area contributed by atoms with E-state index in [-0.39, 0.29) is 5.92 Å². The van der Waals surface area contributed by atoms with Crippen LogP contribution in [0.3, 0.4) is 0 Å². The molecule has 2 aromatic rings. The summed E-state index contributed by atoms with van der Waals surface area (Å²) in [6, 6.07) is 8.09. The van der Waals surface area contributed by atoms with Crippen LogP contribution < -0.4 is 10.6 Å². The van der Waals surface area contributed by atoms with E-state index >= 15 is 0 Å². The first-order valence-corrected chi connectivity index (χ1v) is 7.95. The van der Waals surface area contributed by atoms with Gasteiger partial charge in [-0.1, -0.05) is 29.8 Å². The molecule has 1 heterocycles. The van der Waals surface area contributed by atoms with Crippen LogP contribution in [0.1, 0.15) is 38.1 Å². The highest BCUT2D eigenvalue weighted by molar-refractivity contribution is 9.10. The number of hydrogen-bond donors (Lipinski definition) is 2. The second-order valence-electron chi connectivity index (χ2n) is 5.27. The van der Waals surface area contributed by atoms with E-state index in [0.717, 1.165) is 34.2 Å². The third kappa shape index (κ3) is 4.17. The molecule has 0 unspecified atom stereocenters. The van der Waals surface area contributed by atoms with E-state index in [1.165, 1.54) is 5.56 Å². The molecule has 21 heavy (non-hydrogen) atoms. The molecule has 0 aliphatic heterocycles. The Balaban J connectivity index is 2.33. The van der Waals surface area contributed by atoms with Gasteiger partial charge in [-0.15, -0.1) is 0 Å². The summed E-state index contributed by atoms with van der Waals surface area (Å²) in [7, 11) is 0. The minimum absolute atomic E-state index is 0.287. The van der Waals surface area contributed by atoms with Crippen molar-refractivity contribution < 1.29 is 0 Å². The van der Waals surface area contributed by atoms with Crippen molar-refractivity contribution in [3.05, 3.63) is 40.1 Å². The van der Waals surface area contributed by atoms with E-state index in [1.807, 2.05) is 18.2 Å². The fraction of sp³-hybridized carbons (Fsp3) is 0.375. The van der Waals surface area contributed by atoms with Crippen molar-refractivity contribution in [1.29, 1.82) is 0 Å². The van der Waals surface area contributed by atoms with Crippen molar-refractivity contribution in [1.82, 2.24) is 9.97 Å². The summed E-state index contributed by atoms with van der Waals surface area (Å²) < 4.78 is 1.07. The summed E-state index contributed by atoms with van der Waals surface area (Å²) in [5.74, 6) is 2.80. The van der Waals surface area contributed by atoms with Crippen molar-refractivity contribution >= 4 is 33.3 Å². The molecule has 1 aromatic heterocycles. The first-order valence-electron chi connectivity index (χ1n) is 7.15. The standard InChI is InChI=1S/C16H21BrN4/c1-5-18-14-9-15(21-16(20-14)10(2)3)19-13-7-6-12(17)8-11(13)4/h6-10H,5H2,1-4H3,(H2,18,19,20,21). The van der Waals surface area contributed by atoms with Gasteiger partial charge in [0.15, 0.2) is 0 Å². The Morgan fingerprint density at radius 2 is 1.86 bits per heavy atom. The first-order chi connectivity index (χ1) is 9.99. The molecule has 5 heteroatoms. The number of nitrogens with zero attached hydrogens (tertiary/aromatic N) is 2. The molecule has 0 fully saturated rings. The molecule has 0 atom stereocenters. The predicted molar refractivity (Wildman–Crippen MR) is 92.4 cm³/mol. The van der Waals surface area contributed by atoms with Crippen LogP contribution in [0.2, 0.25) is 0 Å². The van der Waals surface area contributed by atoms with Crippen molar-refractivity contribution in [2.45, 2.75) is 33.6 Å². The van der Waals surface area contributed by atoms with E-state index in [1.54, 1.807) is 0 Å². The molecule has 2 rings (SSSR count). The van der Waals surface area contributed by atoms with Crippen LogP contribution in [0.4, 0.5) is 17.3 Å². The normalized spacial score (nSPS) is 10.8. The Bertz CT molecular complexity index is 626. The molecular formula is C16H21BrN4. The monoisotopic (exact) mass is 348 g/mol. The molecule has 0 bridgehead atoms. The summed E-state index contributed by atoms with van der Waals surface area (Å²) in [5, 5.41) is 6.64. The van der Waals surface area contributed by atoms with Crippen LogP contribution in [0, 0.1) is 6.92 Å². The Morgan fingerprint density at radius 3 is 2.48 bits per heavy atom. The first kappa shape index (κ1) is 15.8. The van der Waals surface area contributed by atoms with Crippen LogP contribution in [0.25, 0.3) is 0 Å². The second-order valence-corrected chi connectivity index (χ2v) is 6.18. The molecule has 0 saturated carbocycles. The van der Waals surface area contributed by atoms with Gasteiger partial charge in [0, 0.05) is 28.7 Å². The lowest BCUT2D eigenvalue weighted by Gasteiger charge is -2.13. The van der Waals surface area contributed by atoms with Gasteiger partial charge in [-0.25, -0.2) is 9.97 Å². The average molecular weight is 349 g/mol. The van der Waals surface area contributed by atoms with Crippen molar-refractivity contribution in [2.75, 3.05) is 17.2 Å². The number of nitrogens with one attached hydrogen (secondary N) is 2. The summed E-state index contributed by atoms with van der Waals surface area (Å²) in [6.07, 6.45) is 0. The summed E-state index contributed by atoms with van der Waals surface area (Å²) in [6.45, 7) is 9.16. The number of rotatable bonds is 5. The molecule has 4 nitrogen and oxygen atoms in total. The van der Waals surface area contributed by atoms with E-state index in [0.29, 0.717) is 0 Å². The molecule has 0 spiro atoms. The van der Waals surface area contributed by atoms with Gasteiger partial charge >= 0.3 is 0 Å². The third-order valence-electron chi connectivity index (χ3n) is 3.07. The van der Waals surface area contributed by atoms with Gasteiger partial charge in [-0.05, 0) is 37.6 Å². The zero-order valence-electron chi connectivity index (χ0n) is 12.9. The van der Waals surface area contributed by atoms with Crippen LogP contribution in [-0.4, -0.2) is 16.5 Å². The summed E-state index contributed by atoms with van der Waals surface area (Å²) in [5.41, 5.74) is 2.22. The van der Waals surface area contributed by atoms with Crippen LogP contribution in [0.15, 0.2) is 28.7 Å². The lowest BCUT2D eigenvalue weighted by atomic mass is 10.2. The van der Waals surface area contributed by atoms with Gasteiger partial charge in [0.2, 0.25) is 0 Å². The lowest BCUT2D eigenvalue weighted by molar-refractivity contribution is 0.777. The number of halogens is 1. The molecule has 0 aliphatic carbocycles. The van der Waals surface area contributed by atoms with E-state index in [2.05, 4.69) is 70.3 Å². The Hall–Kier alpha value is -1.62. The van der Waals surface area contributed by atoms with E-state index < -0.39 is 0 Å². The molecule has 2 N–H and O–H groups in total. The molecular weight excluding hydrogens is 328 g/mol. The number of hydrogen-bond acceptors (Lipinski definition) is 4. The second kappa shape index (κ2) is 6.89. The fourth-order valence-corrected chi connectivity index (χ4v) is 2.44. The van der Waals surface area contributed by atoms with Crippen molar-refractivity contribution in [2.24, 2.45) is 0 Å². The molecule has 0 saturated heterocycles. The third-order valence-corrected chi connectivity index (χ3v) is 3.56. The highest BCUT2D eigenvalue weighted by Crippen LogP contribution is 2.25. The van der Waals surface area contributed by atoms with Crippen molar-refractivity contribution in [3.8, 4) is 0 Å². The Labute approximate surface area is 134 Å². The van der Waals surface area contributed by atoms with Crippen LogP contribution >= 0.6 is 15.9 Å². The SMILES string of the molecule is CCNc1cc(Nc2ccc(Br)cc2C)nc(C(C)C)n1. The molecule has 0 amide bonds. The van der Waals surface area contributed by atoms with Crippen molar-refractivity contribution in [3.63, 3.8) is 0 Å². The molecule has 0 aliphatic rings. The smallest absolute Gasteiger partial charge is 0.136 e. The number of benzene rings is 1. The number of anilines is 3. The van der Waals surface area contributed by atoms with Gasteiger partial charge in [0.1, 0.15) is 17.5 Å². The van der Waals surface area contributed by atoms with Crippen LogP contribution in [0.5, 0.6) is 0 Å². The van der Waals surface area contributed by atoms with Gasteiger partial charge < -0.3 is 10.6 Å².